The Balaban J connectivity index is 1.65. The molecule has 0 amide bonds. The number of imidazole rings is 1. The number of nitrogens with one attached hydrogen (secondary N) is 2. The SMILES string of the molecule is C[C@@H]1CN(c2ccc3[nH]c(=O)c(-c4nc5ccccc5[nH]4)c(N)c3c2)C[C@H](C)O1. The van der Waals surface area contributed by atoms with E-state index in [1.165, 1.54) is 0 Å². The molecule has 1 aliphatic rings. The lowest BCUT2D eigenvalue weighted by atomic mass is 10.1. The van der Waals surface area contributed by atoms with Crippen molar-refractivity contribution < 1.29 is 4.74 Å². The van der Waals surface area contributed by atoms with E-state index in [1.807, 2.05) is 42.5 Å². The van der Waals surface area contributed by atoms with Crippen LogP contribution >= 0.6 is 0 Å². The molecule has 2 aromatic carbocycles. The van der Waals surface area contributed by atoms with Crippen molar-refractivity contribution in [3.63, 3.8) is 0 Å². The number of H-pyrrole nitrogens is 2. The molecule has 1 aliphatic heterocycles. The quantitative estimate of drug-likeness (QED) is 0.489. The number of morpholine rings is 1. The Kier molecular flexibility index (Phi) is 4.06. The van der Waals surface area contributed by atoms with Crippen LogP contribution in [0.15, 0.2) is 47.3 Å². The highest BCUT2D eigenvalue weighted by molar-refractivity contribution is 5.99. The third-order valence-corrected chi connectivity index (χ3v) is 5.45. The van der Waals surface area contributed by atoms with Gasteiger partial charge in [0.05, 0.1) is 34.4 Å². The summed E-state index contributed by atoms with van der Waals surface area (Å²) in [6, 6.07) is 13.6. The lowest BCUT2D eigenvalue weighted by Gasteiger charge is -2.37. The summed E-state index contributed by atoms with van der Waals surface area (Å²) in [6.07, 6.45) is 0.321. The highest BCUT2D eigenvalue weighted by atomic mass is 16.5. The largest absolute Gasteiger partial charge is 0.397 e. The van der Waals surface area contributed by atoms with Crippen LogP contribution in [-0.2, 0) is 4.74 Å². The minimum Gasteiger partial charge on any atom is -0.397 e. The van der Waals surface area contributed by atoms with Gasteiger partial charge in [-0.1, -0.05) is 12.1 Å². The van der Waals surface area contributed by atoms with Crippen molar-refractivity contribution in [2.24, 2.45) is 0 Å². The number of rotatable bonds is 2. The summed E-state index contributed by atoms with van der Waals surface area (Å²) in [5.41, 5.74) is 10.5. The van der Waals surface area contributed by atoms with Crippen LogP contribution in [0.5, 0.6) is 0 Å². The molecule has 4 aromatic rings. The van der Waals surface area contributed by atoms with Gasteiger partial charge < -0.3 is 25.3 Å². The van der Waals surface area contributed by atoms with E-state index in [2.05, 4.69) is 33.7 Å². The predicted octanol–water partition coefficient (Wildman–Crippen LogP) is 3.27. The third-order valence-electron chi connectivity index (χ3n) is 5.45. The Labute approximate surface area is 167 Å². The van der Waals surface area contributed by atoms with Crippen LogP contribution in [0.3, 0.4) is 0 Å². The van der Waals surface area contributed by atoms with Crippen molar-refractivity contribution in [2.45, 2.75) is 26.1 Å². The van der Waals surface area contributed by atoms with Gasteiger partial charge in [-0.25, -0.2) is 4.98 Å². The monoisotopic (exact) mass is 389 g/mol. The molecule has 0 aliphatic carbocycles. The molecule has 2 atom stereocenters. The molecule has 1 fully saturated rings. The molecular formula is C22H23N5O2. The maximum Gasteiger partial charge on any atom is 0.261 e. The normalized spacial score (nSPS) is 19.9. The summed E-state index contributed by atoms with van der Waals surface area (Å²) < 4.78 is 5.84. The molecule has 0 bridgehead atoms. The molecule has 0 saturated carbocycles. The zero-order valence-electron chi connectivity index (χ0n) is 16.4. The Morgan fingerprint density at radius 3 is 2.59 bits per heavy atom. The minimum atomic E-state index is -0.254. The standard InChI is InChI=1S/C22H23N5O2/c1-12-10-27(11-13(2)29-12)14-7-8-16-15(9-14)20(23)19(22(28)26-16)21-24-17-5-3-4-6-18(17)25-21/h3-9,12-13H,10-11H2,1-2H3,(H,24,25)(H3,23,26,28)/t12-,13+. The van der Waals surface area contributed by atoms with Crippen LogP contribution in [0.2, 0.25) is 0 Å². The molecule has 7 heteroatoms. The van der Waals surface area contributed by atoms with Crippen LogP contribution in [0.4, 0.5) is 11.4 Å². The van der Waals surface area contributed by atoms with Gasteiger partial charge in [0.2, 0.25) is 0 Å². The fourth-order valence-corrected chi connectivity index (χ4v) is 4.20. The second kappa shape index (κ2) is 6.63. The zero-order valence-corrected chi connectivity index (χ0v) is 16.4. The van der Waals surface area contributed by atoms with Gasteiger partial charge >= 0.3 is 0 Å². The van der Waals surface area contributed by atoms with E-state index in [9.17, 15) is 4.79 Å². The van der Waals surface area contributed by atoms with Crippen LogP contribution in [0.25, 0.3) is 33.3 Å². The van der Waals surface area contributed by atoms with Gasteiger partial charge in [-0.3, -0.25) is 4.79 Å². The van der Waals surface area contributed by atoms with E-state index in [-0.39, 0.29) is 17.8 Å². The molecule has 0 spiro atoms. The highest BCUT2D eigenvalue weighted by Crippen LogP contribution is 2.31. The van der Waals surface area contributed by atoms with Gasteiger partial charge in [-0.2, -0.15) is 0 Å². The first kappa shape index (κ1) is 17.8. The van der Waals surface area contributed by atoms with E-state index in [4.69, 9.17) is 10.5 Å². The average Bonchev–Trinajstić information content (AvgIpc) is 3.10. The Hall–Kier alpha value is -3.32. The number of ether oxygens (including phenoxy) is 1. The Morgan fingerprint density at radius 1 is 1.07 bits per heavy atom. The first-order chi connectivity index (χ1) is 14.0. The van der Waals surface area contributed by atoms with Crippen molar-refractivity contribution in [3.05, 3.63) is 52.8 Å². The second-order valence-corrected chi connectivity index (χ2v) is 7.74. The van der Waals surface area contributed by atoms with Crippen LogP contribution in [-0.4, -0.2) is 40.2 Å². The molecule has 4 N–H and O–H groups in total. The number of fused-ring (bicyclic) bond motifs is 2. The number of anilines is 2. The number of pyridine rings is 1. The molecule has 0 unspecified atom stereocenters. The maximum atomic E-state index is 12.8. The van der Waals surface area contributed by atoms with Gasteiger partial charge in [0.1, 0.15) is 11.4 Å². The van der Waals surface area contributed by atoms with Gasteiger partial charge in [0.25, 0.3) is 5.56 Å². The van der Waals surface area contributed by atoms with E-state index in [0.717, 1.165) is 35.2 Å². The van der Waals surface area contributed by atoms with E-state index in [0.29, 0.717) is 22.6 Å². The van der Waals surface area contributed by atoms with Gasteiger partial charge in [-0.05, 0) is 44.2 Å². The van der Waals surface area contributed by atoms with Crippen LogP contribution < -0.4 is 16.2 Å². The first-order valence-corrected chi connectivity index (χ1v) is 9.80. The molecule has 5 rings (SSSR count). The van der Waals surface area contributed by atoms with Gasteiger partial charge in [0, 0.05) is 24.2 Å². The highest BCUT2D eigenvalue weighted by Gasteiger charge is 2.23. The summed E-state index contributed by atoms with van der Waals surface area (Å²) in [4.78, 5) is 25.8. The molecule has 3 heterocycles. The number of benzene rings is 2. The number of hydrogen-bond acceptors (Lipinski definition) is 5. The fourth-order valence-electron chi connectivity index (χ4n) is 4.20. The van der Waals surface area contributed by atoms with Gasteiger partial charge in [-0.15, -0.1) is 0 Å². The topological polar surface area (TPSA) is 100 Å². The minimum absolute atomic E-state index is 0.161. The van der Waals surface area contributed by atoms with Crippen molar-refractivity contribution in [3.8, 4) is 11.4 Å². The number of nitrogens with two attached hydrogens (primary N) is 1. The number of para-hydroxylation sites is 2. The van der Waals surface area contributed by atoms with E-state index < -0.39 is 0 Å². The molecule has 7 nitrogen and oxygen atoms in total. The lowest BCUT2D eigenvalue weighted by molar-refractivity contribution is -0.00520. The Morgan fingerprint density at radius 2 is 1.83 bits per heavy atom. The summed E-state index contributed by atoms with van der Waals surface area (Å²) in [5, 5.41) is 0.810. The molecule has 148 valence electrons. The van der Waals surface area contributed by atoms with Crippen molar-refractivity contribution in [2.75, 3.05) is 23.7 Å². The summed E-state index contributed by atoms with van der Waals surface area (Å²) in [6.45, 7) is 5.79. The summed E-state index contributed by atoms with van der Waals surface area (Å²) >= 11 is 0. The van der Waals surface area contributed by atoms with E-state index in [1.54, 1.807) is 0 Å². The summed E-state index contributed by atoms with van der Waals surface area (Å²) in [7, 11) is 0. The molecule has 1 saturated heterocycles. The fraction of sp³-hybridized carbons (Fsp3) is 0.273. The first-order valence-electron chi connectivity index (χ1n) is 9.80. The van der Waals surface area contributed by atoms with Gasteiger partial charge in [0.15, 0.2) is 0 Å². The average molecular weight is 389 g/mol. The third kappa shape index (κ3) is 3.03. The van der Waals surface area contributed by atoms with Crippen molar-refractivity contribution >= 4 is 33.3 Å². The predicted molar refractivity (Wildman–Crippen MR) is 116 cm³/mol. The molecule has 29 heavy (non-hydrogen) atoms. The van der Waals surface area contributed by atoms with Crippen molar-refractivity contribution in [1.82, 2.24) is 15.0 Å². The van der Waals surface area contributed by atoms with Crippen LogP contribution in [0.1, 0.15) is 13.8 Å². The molecule has 2 aromatic heterocycles. The lowest BCUT2D eigenvalue weighted by Crippen LogP contribution is -2.45. The number of aromatic nitrogens is 3. The number of nitrogen functional groups attached to an aromatic ring is 1. The number of aromatic amines is 2. The zero-order chi connectivity index (χ0) is 20.1. The van der Waals surface area contributed by atoms with E-state index >= 15 is 0 Å². The van der Waals surface area contributed by atoms with Crippen molar-refractivity contribution in [1.29, 1.82) is 0 Å². The number of nitrogens with zero attached hydrogens (tertiary/aromatic N) is 2. The second-order valence-electron chi connectivity index (χ2n) is 7.74. The Bertz CT molecular complexity index is 1230. The smallest absolute Gasteiger partial charge is 0.261 e. The molecule has 0 radical (unpaired) electrons. The van der Waals surface area contributed by atoms with Crippen LogP contribution in [0, 0.1) is 0 Å². The number of hydrogen-bond donors (Lipinski definition) is 3. The maximum absolute atomic E-state index is 12.8. The summed E-state index contributed by atoms with van der Waals surface area (Å²) in [5.74, 6) is 0.478. The molecular weight excluding hydrogens is 366 g/mol.